The molecule has 0 saturated carbocycles. The van der Waals surface area contributed by atoms with E-state index < -0.39 is 28.7 Å². The van der Waals surface area contributed by atoms with Crippen LogP contribution in [0.4, 0.5) is 8.78 Å². The lowest BCUT2D eigenvalue weighted by atomic mass is 10.1. The van der Waals surface area contributed by atoms with Crippen molar-refractivity contribution in [2.45, 2.75) is 13.0 Å². The lowest BCUT2D eigenvalue weighted by molar-refractivity contribution is 0.0695. The van der Waals surface area contributed by atoms with Gasteiger partial charge in [-0.1, -0.05) is 11.6 Å². The monoisotopic (exact) mass is 236 g/mol. The number of alkyl halides is 2. The molecule has 0 amide bonds. The molecule has 0 unspecified atom stereocenters. The number of nitrogens with zero attached hydrogens (tertiary/aromatic N) is 1. The average Bonchev–Trinajstić information content (AvgIpc) is 2.15. The molecule has 4 nitrogen and oxygen atoms in total. The van der Waals surface area contributed by atoms with E-state index in [-0.39, 0.29) is 12.1 Å². The minimum Gasteiger partial charge on any atom is -0.478 e. The first-order valence-corrected chi connectivity index (χ1v) is 4.25. The standard InChI is InChI=1S/C8H7ClF2N2O2/c9-5-4(8(14)15)3(1-12)2-13-6(5)7(10)11/h2,7H,1,12H2,(H,14,15). The molecule has 0 bridgehead atoms. The normalized spacial score (nSPS) is 10.7. The molecular weight excluding hydrogens is 230 g/mol. The van der Waals surface area contributed by atoms with Crippen LogP contribution in [0.25, 0.3) is 0 Å². The topological polar surface area (TPSA) is 76.2 Å². The van der Waals surface area contributed by atoms with Crippen molar-refractivity contribution in [3.05, 3.63) is 28.0 Å². The molecule has 1 rings (SSSR count). The van der Waals surface area contributed by atoms with Gasteiger partial charge in [0.05, 0.1) is 10.6 Å². The van der Waals surface area contributed by atoms with E-state index in [2.05, 4.69) is 4.98 Å². The van der Waals surface area contributed by atoms with Gasteiger partial charge < -0.3 is 10.8 Å². The van der Waals surface area contributed by atoms with Crippen LogP contribution < -0.4 is 5.73 Å². The number of pyridine rings is 1. The van der Waals surface area contributed by atoms with Crippen LogP contribution in [0.15, 0.2) is 6.20 Å². The maximum atomic E-state index is 12.3. The van der Waals surface area contributed by atoms with Crippen molar-refractivity contribution in [2.24, 2.45) is 5.73 Å². The van der Waals surface area contributed by atoms with E-state index >= 15 is 0 Å². The molecule has 0 atom stereocenters. The summed E-state index contributed by atoms with van der Waals surface area (Å²) in [5.74, 6) is -1.40. The molecule has 0 aliphatic rings. The first-order valence-electron chi connectivity index (χ1n) is 3.87. The third kappa shape index (κ3) is 2.21. The van der Waals surface area contributed by atoms with Gasteiger partial charge in [0.1, 0.15) is 5.69 Å². The van der Waals surface area contributed by atoms with Gasteiger partial charge in [-0.2, -0.15) is 0 Å². The van der Waals surface area contributed by atoms with Crippen molar-refractivity contribution in [1.29, 1.82) is 0 Å². The molecule has 1 aromatic rings. The summed E-state index contributed by atoms with van der Waals surface area (Å²) in [7, 11) is 0. The number of rotatable bonds is 3. The number of nitrogens with two attached hydrogens (primary N) is 1. The molecule has 0 radical (unpaired) electrons. The van der Waals surface area contributed by atoms with Crippen LogP contribution in [0.3, 0.4) is 0 Å². The summed E-state index contributed by atoms with van der Waals surface area (Å²) in [4.78, 5) is 14.1. The number of hydrogen-bond donors (Lipinski definition) is 2. The van der Waals surface area contributed by atoms with Gasteiger partial charge >= 0.3 is 5.97 Å². The fourth-order valence-corrected chi connectivity index (χ4v) is 1.41. The first-order chi connectivity index (χ1) is 6.99. The Bertz CT molecular complexity index is 398. The average molecular weight is 237 g/mol. The summed E-state index contributed by atoms with van der Waals surface area (Å²) in [5.41, 5.74) is 4.20. The summed E-state index contributed by atoms with van der Waals surface area (Å²) in [6.45, 7) is -0.127. The molecule has 0 aliphatic carbocycles. The third-order valence-corrected chi connectivity index (χ3v) is 2.15. The zero-order valence-corrected chi connectivity index (χ0v) is 8.13. The predicted octanol–water partition coefficient (Wildman–Crippen LogP) is 1.83. The molecular formula is C8H7ClF2N2O2. The van der Waals surface area contributed by atoms with Crippen LogP contribution in [0, 0.1) is 0 Å². The van der Waals surface area contributed by atoms with E-state index in [1.165, 1.54) is 0 Å². The Morgan fingerprint density at radius 2 is 2.27 bits per heavy atom. The van der Waals surface area contributed by atoms with Crippen LogP contribution in [0.2, 0.25) is 5.02 Å². The van der Waals surface area contributed by atoms with Gasteiger partial charge in [-0.05, 0) is 0 Å². The molecule has 1 heterocycles. The number of carboxylic acid groups (broad SMARTS) is 1. The summed E-state index contributed by atoms with van der Waals surface area (Å²) < 4.78 is 24.7. The fraction of sp³-hybridized carbons (Fsp3) is 0.250. The fourth-order valence-electron chi connectivity index (χ4n) is 1.08. The van der Waals surface area contributed by atoms with Crippen molar-refractivity contribution >= 4 is 17.6 Å². The molecule has 82 valence electrons. The van der Waals surface area contributed by atoms with Crippen LogP contribution in [0.5, 0.6) is 0 Å². The molecule has 0 aromatic carbocycles. The van der Waals surface area contributed by atoms with Gasteiger partial charge in [-0.15, -0.1) is 0 Å². The SMILES string of the molecule is NCc1cnc(C(F)F)c(Cl)c1C(=O)O. The summed E-state index contributed by atoms with van der Waals surface area (Å²) in [6, 6.07) is 0. The van der Waals surface area contributed by atoms with Gasteiger partial charge in [-0.25, -0.2) is 13.6 Å². The second-order valence-electron chi connectivity index (χ2n) is 2.67. The molecule has 1 aromatic heterocycles. The van der Waals surface area contributed by atoms with Crippen molar-refractivity contribution in [1.82, 2.24) is 4.98 Å². The van der Waals surface area contributed by atoms with Crippen molar-refractivity contribution in [3.8, 4) is 0 Å². The maximum Gasteiger partial charge on any atom is 0.337 e. The second-order valence-corrected chi connectivity index (χ2v) is 3.05. The highest BCUT2D eigenvalue weighted by Crippen LogP contribution is 2.29. The van der Waals surface area contributed by atoms with Gasteiger partial charge in [0.15, 0.2) is 0 Å². The highest BCUT2D eigenvalue weighted by molar-refractivity contribution is 6.34. The first kappa shape index (κ1) is 11.8. The Kier molecular flexibility index (Phi) is 3.54. The van der Waals surface area contributed by atoms with E-state index in [1.807, 2.05) is 0 Å². The summed E-state index contributed by atoms with van der Waals surface area (Å²) >= 11 is 5.50. The van der Waals surface area contributed by atoms with E-state index in [0.717, 1.165) is 6.20 Å². The van der Waals surface area contributed by atoms with E-state index in [4.69, 9.17) is 22.4 Å². The number of halogens is 3. The number of carboxylic acids is 1. The predicted molar refractivity (Wildman–Crippen MR) is 49.1 cm³/mol. The van der Waals surface area contributed by atoms with E-state index in [1.54, 1.807) is 0 Å². The zero-order chi connectivity index (χ0) is 11.6. The van der Waals surface area contributed by atoms with E-state index in [9.17, 15) is 13.6 Å². The number of aromatic nitrogens is 1. The highest BCUT2D eigenvalue weighted by Gasteiger charge is 2.22. The van der Waals surface area contributed by atoms with Gasteiger partial charge in [0.2, 0.25) is 0 Å². The Labute approximate surface area is 88.7 Å². The largest absolute Gasteiger partial charge is 0.478 e. The summed E-state index contributed by atoms with van der Waals surface area (Å²) in [6.07, 6.45) is -1.92. The van der Waals surface area contributed by atoms with Crippen LogP contribution in [-0.2, 0) is 6.54 Å². The second kappa shape index (κ2) is 4.50. The molecule has 7 heteroatoms. The minimum absolute atomic E-state index is 0.122. The number of aromatic carboxylic acids is 1. The zero-order valence-electron chi connectivity index (χ0n) is 7.38. The van der Waals surface area contributed by atoms with Crippen LogP contribution in [0.1, 0.15) is 28.0 Å². The van der Waals surface area contributed by atoms with Crippen LogP contribution in [-0.4, -0.2) is 16.1 Å². The maximum absolute atomic E-state index is 12.3. The van der Waals surface area contributed by atoms with Gasteiger partial charge in [0.25, 0.3) is 6.43 Å². The highest BCUT2D eigenvalue weighted by atomic mass is 35.5. The van der Waals surface area contributed by atoms with Gasteiger partial charge in [0, 0.05) is 18.3 Å². The molecule has 15 heavy (non-hydrogen) atoms. The Morgan fingerprint density at radius 1 is 1.67 bits per heavy atom. The third-order valence-electron chi connectivity index (χ3n) is 1.77. The minimum atomic E-state index is -2.91. The quantitative estimate of drug-likeness (QED) is 0.839. The van der Waals surface area contributed by atoms with E-state index in [0.29, 0.717) is 0 Å². The number of hydrogen-bond acceptors (Lipinski definition) is 3. The van der Waals surface area contributed by atoms with Crippen molar-refractivity contribution in [3.63, 3.8) is 0 Å². The lowest BCUT2D eigenvalue weighted by Gasteiger charge is -2.08. The Morgan fingerprint density at radius 3 is 2.67 bits per heavy atom. The number of carbonyl (C=O) groups is 1. The lowest BCUT2D eigenvalue weighted by Crippen LogP contribution is -2.10. The smallest absolute Gasteiger partial charge is 0.337 e. The molecule has 0 saturated heterocycles. The molecule has 3 N–H and O–H groups in total. The molecule has 0 aliphatic heterocycles. The summed E-state index contributed by atoms with van der Waals surface area (Å²) in [5, 5.41) is 8.22. The van der Waals surface area contributed by atoms with Crippen molar-refractivity contribution in [2.75, 3.05) is 0 Å². The van der Waals surface area contributed by atoms with Gasteiger partial charge in [-0.3, -0.25) is 4.98 Å². The van der Waals surface area contributed by atoms with Crippen LogP contribution >= 0.6 is 11.6 Å². The molecule has 0 fully saturated rings. The van der Waals surface area contributed by atoms with Crippen molar-refractivity contribution < 1.29 is 18.7 Å². The molecule has 0 spiro atoms. The Balaban J connectivity index is 3.42. The Hall–Kier alpha value is -1.27.